The molecule has 1 N–H and O–H groups in total. The minimum atomic E-state index is -3.40. The largest absolute Gasteiger partial charge is 0.325 e. The SMILES string of the molecule is CN(C)CCCN(CC(=O)Nc1ccccc1)S(C)(=O)=O. The molecule has 0 heterocycles. The fraction of sp³-hybridized carbons (Fsp3) is 0.500. The van der Waals surface area contributed by atoms with Crippen molar-refractivity contribution in [1.82, 2.24) is 9.21 Å². The van der Waals surface area contributed by atoms with Crippen LogP contribution in [-0.2, 0) is 14.8 Å². The van der Waals surface area contributed by atoms with Crippen molar-refractivity contribution in [3.63, 3.8) is 0 Å². The third-order valence-corrected chi connectivity index (χ3v) is 4.11. The van der Waals surface area contributed by atoms with Crippen molar-refractivity contribution in [3.05, 3.63) is 30.3 Å². The zero-order chi connectivity index (χ0) is 15.9. The predicted octanol–water partition coefficient (Wildman–Crippen LogP) is 0.838. The number of carbonyl (C=O) groups excluding carboxylic acids is 1. The standard InChI is InChI=1S/C14H23N3O3S/c1-16(2)10-7-11-17(21(3,19)20)12-14(18)15-13-8-5-4-6-9-13/h4-6,8-9H,7,10-12H2,1-3H3,(H,15,18). The first-order valence-corrected chi connectivity index (χ1v) is 8.58. The van der Waals surface area contributed by atoms with Gasteiger partial charge in [0, 0.05) is 12.2 Å². The molecule has 0 aliphatic heterocycles. The van der Waals surface area contributed by atoms with Crippen LogP contribution in [0, 0.1) is 0 Å². The zero-order valence-corrected chi connectivity index (χ0v) is 13.6. The molecule has 0 unspecified atom stereocenters. The minimum Gasteiger partial charge on any atom is -0.325 e. The van der Waals surface area contributed by atoms with Crippen LogP contribution < -0.4 is 5.32 Å². The van der Waals surface area contributed by atoms with Crippen LogP contribution in [0.4, 0.5) is 5.69 Å². The van der Waals surface area contributed by atoms with E-state index in [0.717, 1.165) is 12.8 Å². The fourth-order valence-corrected chi connectivity index (χ4v) is 2.62. The van der Waals surface area contributed by atoms with E-state index in [1.807, 2.05) is 25.1 Å². The molecule has 0 atom stereocenters. The number of carbonyl (C=O) groups is 1. The molecule has 0 aliphatic carbocycles. The maximum Gasteiger partial charge on any atom is 0.239 e. The van der Waals surface area contributed by atoms with Gasteiger partial charge in [-0.25, -0.2) is 8.42 Å². The van der Waals surface area contributed by atoms with Crippen molar-refractivity contribution in [2.45, 2.75) is 6.42 Å². The van der Waals surface area contributed by atoms with Gasteiger partial charge in [-0.15, -0.1) is 0 Å². The summed E-state index contributed by atoms with van der Waals surface area (Å²) < 4.78 is 24.7. The molecule has 1 aromatic rings. The Hall–Kier alpha value is -1.44. The molecule has 6 nitrogen and oxygen atoms in total. The molecule has 0 fully saturated rings. The number of rotatable bonds is 8. The zero-order valence-electron chi connectivity index (χ0n) is 12.7. The third-order valence-electron chi connectivity index (χ3n) is 2.86. The highest BCUT2D eigenvalue weighted by Gasteiger charge is 2.19. The number of para-hydroxylation sites is 1. The lowest BCUT2D eigenvalue weighted by atomic mass is 10.3. The highest BCUT2D eigenvalue weighted by atomic mass is 32.2. The third kappa shape index (κ3) is 7.22. The summed E-state index contributed by atoms with van der Waals surface area (Å²) in [5, 5.41) is 2.69. The molecular weight excluding hydrogens is 290 g/mol. The van der Waals surface area contributed by atoms with Gasteiger partial charge in [0.25, 0.3) is 0 Å². The lowest BCUT2D eigenvalue weighted by Crippen LogP contribution is -2.38. The molecule has 1 amide bonds. The van der Waals surface area contributed by atoms with Crippen LogP contribution >= 0.6 is 0 Å². The first-order valence-electron chi connectivity index (χ1n) is 6.74. The molecule has 1 rings (SSSR count). The van der Waals surface area contributed by atoms with Crippen molar-refractivity contribution in [3.8, 4) is 0 Å². The predicted molar refractivity (Wildman–Crippen MR) is 84.7 cm³/mol. The van der Waals surface area contributed by atoms with E-state index in [0.29, 0.717) is 18.7 Å². The molecular formula is C14H23N3O3S. The van der Waals surface area contributed by atoms with Crippen LogP contribution in [0.2, 0.25) is 0 Å². The Bertz CT molecular complexity index is 544. The summed E-state index contributed by atoms with van der Waals surface area (Å²) in [6, 6.07) is 8.98. The van der Waals surface area contributed by atoms with Gasteiger partial charge in [-0.2, -0.15) is 4.31 Å². The summed E-state index contributed by atoms with van der Waals surface area (Å²) in [6.07, 6.45) is 1.80. The summed E-state index contributed by atoms with van der Waals surface area (Å²) in [6.45, 7) is 0.937. The molecule has 0 aromatic heterocycles. The Morgan fingerprint density at radius 3 is 2.29 bits per heavy atom. The van der Waals surface area contributed by atoms with Gasteiger partial charge in [0.1, 0.15) is 0 Å². The van der Waals surface area contributed by atoms with Crippen LogP contribution in [0.15, 0.2) is 30.3 Å². The van der Waals surface area contributed by atoms with Crippen LogP contribution in [-0.4, -0.2) is 63.5 Å². The highest BCUT2D eigenvalue weighted by molar-refractivity contribution is 7.88. The van der Waals surface area contributed by atoms with E-state index in [1.165, 1.54) is 4.31 Å². The van der Waals surface area contributed by atoms with Crippen LogP contribution in [0.3, 0.4) is 0 Å². The second-order valence-electron chi connectivity index (χ2n) is 5.17. The number of sulfonamides is 1. The van der Waals surface area contributed by atoms with Crippen molar-refractivity contribution >= 4 is 21.6 Å². The first kappa shape index (κ1) is 17.6. The van der Waals surface area contributed by atoms with Gasteiger partial charge >= 0.3 is 0 Å². The number of benzene rings is 1. The van der Waals surface area contributed by atoms with E-state index < -0.39 is 10.0 Å². The van der Waals surface area contributed by atoms with Gasteiger partial charge in [-0.3, -0.25) is 4.79 Å². The Morgan fingerprint density at radius 1 is 1.14 bits per heavy atom. The number of anilines is 1. The van der Waals surface area contributed by atoms with Gasteiger partial charge in [-0.05, 0) is 39.2 Å². The molecule has 1 aromatic carbocycles. The van der Waals surface area contributed by atoms with Gasteiger partial charge < -0.3 is 10.2 Å². The number of amides is 1. The number of hydrogen-bond donors (Lipinski definition) is 1. The van der Waals surface area contributed by atoms with E-state index in [2.05, 4.69) is 5.32 Å². The van der Waals surface area contributed by atoms with Crippen LogP contribution in [0.25, 0.3) is 0 Å². The van der Waals surface area contributed by atoms with Crippen molar-refractivity contribution < 1.29 is 13.2 Å². The lowest BCUT2D eigenvalue weighted by Gasteiger charge is -2.20. The molecule has 0 saturated carbocycles. The molecule has 21 heavy (non-hydrogen) atoms. The van der Waals surface area contributed by atoms with Crippen LogP contribution in [0.5, 0.6) is 0 Å². The summed E-state index contributed by atoms with van der Waals surface area (Å²) in [5.74, 6) is -0.337. The van der Waals surface area contributed by atoms with Gasteiger partial charge in [0.05, 0.1) is 12.8 Å². The molecule has 0 bridgehead atoms. The summed E-state index contributed by atoms with van der Waals surface area (Å²) in [4.78, 5) is 13.9. The Labute approximate surface area is 126 Å². The minimum absolute atomic E-state index is 0.166. The van der Waals surface area contributed by atoms with E-state index in [1.54, 1.807) is 24.3 Å². The molecule has 7 heteroatoms. The second kappa shape index (κ2) is 8.11. The molecule has 118 valence electrons. The topological polar surface area (TPSA) is 69.7 Å². The molecule has 0 spiro atoms. The lowest BCUT2D eigenvalue weighted by molar-refractivity contribution is -0.116. The average Bonchev–Trinajstić information content (AvgIpc) is 2.37. The second-order valence-corrected chi connectivity index (χ2v) is 7.15. The van der Waals surface area contributed by atoms with E-state index in [4.69, 9.17) is 0 Å². The quantitative estimate of drug-likeness (QED) is 0.772. The smallest absolute Gasteiger partial charge is 0.239 e. The van der Waals surface area contributed by atoms with Crippen molar-refractivity contribution in [2.24, 2.45) is 0 Å². The number of nitrogens with one attached hydrogen (secondary N) is 1. The Balaban J connectivity index is 2.58. The van der Waals surface area contributed by atoms with Gasteiger partial charge in [0.2, 0.25) is 15.9 Å². The maximum atomic E-state index is 11.9. The van der Waals surface area contributed by atoms with Crippen molar-refractivity contribution in [1.29, 1.82) is 0 Å². The van der Waals surface area contributed by atoms with Gasteiger partial charge in [0.15, 0.2) is 0 Å². The van der Waals surface area contributed by atoms with Gasteiger partial charge in [-0.1, -0.05) is 18.2 Å². The summed E-state index contributed by atoms with van der Waals surface area (Å²) in [7, 11) is 0.451. The number of nitrogens with zero attached hydrogens (tertiary/aromatic N) is 2. The van der Waals surface area contributed by atoms with Crippen molar-refractivity contribution in [2.75, 3.05) is 45.3 Å². The fourth-order valence-electron chi connectivity index (χ4n) is 1.81. The maximum absolute atomic E-state index is 11.9. The monoisotopic (exact) mass is 313 g/mol. The average molecular weight is 313 g/mol. The van der Waals surface area contributed by atoms with Crippen LogP contribution in [0.1, 0.15) is 6.42 Å². The Morgan fingerprint density at radius 2 is 1.76 bits per heavy atom. The van der Waals surface area contributed by atoms with E-state index >= 15 is 0 Å². The summed E-state index contributed by atoms with van der Waals surface area (Å²) in [5.41, 5.74) is 0.657. The molecule has 0 radical (unpaired) electrons. The van der Waals surface area contributed by atoms with E-state index in [9.17, 15) is 13.2 Å². The molecule has 0 saturated heterocycles. The summed E-state index contributed by atoms with van der Waals surface area (Å²) >= 11 is 0. The normalized spacial score (nSPS) is 11.9. The Kier molecular flexibility index (Phi) is 6.80. The van der Waals surface area contributed by atoms with E-state index in [-0.39, 0.29) is 12.5 Å². The first-order chi connectivity index (χ1) is 9.79. The molecule has 0 aliphatic rings. The number of hydrogen-bond acceptors (Lipinski definition) is 4. The highest BCUT2D eigenvalue weighted by Crippen LogP contribution is 2.06.